The third-order valence-electron chi connectivity index (χ3n) is 3.24. The van der Waals surface area contributed by atoms with Gasteiger partial charge in [-0.1, -0.05) is 12.1 Å². The van der Waals surface area contributed by atoms with Crippen LogP contribution in [-0.2, 0) is 17.6 Å². The summed E-state index contributed by atoms with van der Waals surface area (Å²) in [5.41, 5.74) is 0.730. The first-order chi connectivity index (χ1) is 11.0. The van der Waals surface area contributed by atoms with Crippen LogP contribution in [0.3, 0.4) is 0 Å². The molecule has 3 nitrogen and oxygen atoms in total. The van der Waals surface area contributed by atoms with Gasteiger partial charge in [-0.15, -0.1) is 0 Å². The summed E-state index contributed by atoms with van der Waals surface area (Å²) in [6.07, 6.45) is -0.952. The molecule has 0 aliphatic carbocycles. The summed E-state index contributed by atoms with van der Waals surface area (Å²) in [7, 11) is 0. The van der Waals surface area contributed by atoms with Gasteiger partial charge in [-0.25, -0.2) is 0 Å². The van der Waals surface area contributed by atoms with Gasteiger partial charge < -0.3 is 9.30 Å². The second-order valence-corrected chi connectivity index (χ2v) is 4.77. The van der Waals surface area contributed by atoms with Crippen LogP contribution < -0.4 is 0 Å². The Morgan fingerprint density at radius 2 is 1.96 bits per heavy atom. The van der Waals surface area contributed by atoms with Gasteiger partial charge in [0.15, 0.2) is 0 Å². The number of alkyl halides is 3. The van der Waals surface area contributed by atoms with Gasteiger partial charge in [0.25, 0.3) is 0 Å². The van der Waals surface area contributed by atoms with Crippen molar-refractivity contribution in [2.45, 2.75) is 19.8 Å². The van der Waals surface area contributed by atoms with Crippen LogP contribution in [0.1, 0.15) is 23.7 Å². The number of rotatable bonds is 5. The normalized spacial score (nSPS) is 12.2. The number of benzene rings is 1. The highest BCUT2D eigenvalue weighted by molar-refractivity contribution is 5.89. The van der Waals surface area contributed by atoms with Crippen molar-refractivity contribution in [1.29, 1.82) is 5.26 Å². The van der Waals surface area contributed by atoms with E-state index in [0.29, 0.717) is 18.9 Å². The lowest BCUT2D eigenvalue weighted by Gasteiger charge is -2.08. The fourth-order valence-corrected chi connectivity index (χ4v) is 2.03. The smallest absolute Gasteiger partial charge is 0.361 e. The Kier molecular flexibility index (Phi) is 5.24. The number of hydrogen-bond donors (Lipinski definition) is 0. The summed E-state index contributed by atoms with van der Waals surface area (Å²) in [5, 5.41) is 9.29. The molecule has 0 aliphatic heterocycles. The first-order valence-corrected chi connectivity index (χ1v) is 6.98. The molecule has 1 aromatic carbocycles. The van der Waals surface area contributed by atoms with Gasteiger partial charge in [0, 0.05) is 18.5 Å². The quantitative estimate of drug-likeness (QED) is 0.757. The van der Waals surface area contributed by atoms with Gasteiger partial charge in [0.05, 0.1) is 17.2 Å². The summed E-state index contributed by atoms with van der Waals surface area (Å²) in [6, 6.07) is 10.2. The predicted molar refractivity (Wildman–Crippen MR) is 81.0 cm³/mol. The molecule has 0 amide bonds. The number of nitriles is 1. The molecule has 0 fully saturated rings. The van der Waals surface area contributed by atoms with Crippen LogP contribution >= 0.6 is 0 Å². The molecule has 0 unspecified atom stereocenters. The number of allylic oxidation sites excluding steroid dienone is 1. The van der Waals surface area contributed by atoms with E-state index in [9.17, 15) is 18.4 Å². The van der Waals surface area contributed by atoms with Crippen LogP contribution in [0, 0.1) is 11.3 Å². The Balaban J connectivity index is 2.30. The largest absolute Gasteiger partial charge is 0.416 e. The molecule has 0 bridgehead atoms. The highest BCUT2D eigenvalue weighted by Crippen LogP contribution is 2.30. The van der Waals surface area contributed by atoms with Crippen molar-refractivity contribution >= 4 is 11.6 Å². The minimum atomic E-state index is -4.39. The van der Waals surface area contributed by atoms with E-state index in [1.807, 2.05) is 29.8 Å². The van der Waals surface area contributed by atoms with Crippen LogP contribution in [0.2, 0.25) is 0 Å². The molecular formula is C17H15F3N2O. The van der Waals surface area contributed by atoms with Crippen molar-refractivity contribution in [3.8, 4) is 6.07 Å². The molecule has 0 saturated heterocycles. The molecule has 0 radical (unpaired) electrons. The Hall–Kier alpha value is -2.52. The molecule has 6 heteroatoms. The van der Waals surface area contributed by atoms with Crippen LogP contribution in [0.5, 0.6) is 0 Å². The number of aromatic nitrogens is 1. The lowest BCUT2D eigenvalue weighted by Crippen LogP contribution is -2.04. The Labute approximate surface area is 132 Å². The summed E-state index contributed by atoms with van der Waals surface area (Å²) < 4.78 is 44.9. The number of halogens is 3. The van der Waals surface area contributed by atoms with E-state index in [1.165, 1.54) is 12.1 Å². The summed E-state index contributed by atoms with van der Waals surface area (Å²) in [4.78, 5) is 0. The molecule has 0 N–H and O–H groups in total. The van der Waals surface area contributed by atoms with Crippen LogP contribution in [0.4, 0.5) is 13.2 Å². The first-order valence-electron chi connectivity index (χ1n) is 6.98. The van der Waals surface area contributed by atoms with Gasteiger partial charge in [0.1, 0.15) is 6.73 Å². The Morgan fingerprint density at radius 1 is 1.26 bits per heavy atom. The Morgan fingerprint density at radius 3 is 2.52 bits per heavy atom. The molecule has 23 heavy (non-hydrogen) atoms. The topological polar surface area (TPSA) is 38.0 Å². The second-order valence-electron chi connectivity index (χ2n) is 4.77. The average molecular weight is 320 g/mol. The zero-order valence-electron chi connectivity index (χ0n) is 12.5. The fraction of sp³-hybridized carbons (Fsp3) is 0.235. The molecule has 0 spiro atoms. The molecule has 2 rings (SSSR count). The summed E-state index contributed by atoms with van der Waals surface area (Å²) in [5.74, 6) is 0. The molecule has 2 aromatic rings. The molecule has 120 valence electrons. The molecule has 0 atom stereocenters. The van der Waals surface area contributed by atoms with Crippen molar-refractivity contribution in [2.24, 2.45) is 0 Å². The third-order valence-corrected chi connectivity index (χ3v) is 3.24. The van der Waals surface area contributed by atoms with Crippen molar-refractivity contribution < 1.29 is 17.9 Å². The molecule has 1 heterocycles. The van der Waals surface area contributed by atoms with Crippen LogP contribution in [0.15, 0.2) is 42.6 Å². The summed E-state index contributed by atoms with van der Waals surface area (Å²) >= 11 is 0. The van der Waals surface area contributed by atoms with Crippen LogP contribution in [-0.4, -0.2) is 11.2 Å². The minimum Gasteiger partial charge on any atom is -0.361 e. The second kappa shape index (κ2) is 7.16. The SMILES string of the molecule is CCOCn1cccc1/C=C(\C#N)c1ccc(C(F)(F)F)cc1. The predicted octanol–water partition coefficient (Wildman–Crippen LogP) is 4.57. The molecule has 0 saturated carbocycles. The minimum absolute atomic E-state index is 0.287. The highest BCUT2D eigenvalue weighted by atomic mass is 19.4. The fourth-order valence-electron chi connectivity index (χ4n) is 2.03. The van der Waals surface area contributed by atoms with E-state index in [0.717, 1.165) is 17.8 Å². The number of ether oxygens (including phenoxy) is 1. The first kappa shape index (κ1) is 16.8. The van der Waals surface area contributed by atoms with E-state index in [-0.39, 0.29) is 5.57 Å². The third kappa shape index (κ3) is 4.24. The average Bonchev–Trinajstić information content (AvgIpc) is 2.97. The number of nitrogens with zero attached hydrogens (tertiary/aromatic N) is 2. The van der Waals surface area contributed by atoms with E-state index in [1.54, 1.807) is 12.1 Å². The van der Waals surface area contributed by atoms with Gasteiger partial charge in [-0.2, -0.15) is 18.4 Å². The lowest BCUT2D eigenvalue weighted by atomic mass is 10.0. The number of hydrogen-bond acceptors (Lipinski definition) is 2. The monoisotopic (exact) mass is 320 g/mol. The Bertz CT molecular complexity index is 722. The standard InChI is InChI=1S/C17H15F3N2O/c1-2-23-12-22-9-3-4-16(22)10-14(11-21)13-5-7-15(8-6-13)17(18,19)20/h3-10H,2,12H2,1H3/b14-10+. The summed E-state index contributed by atoms with van der Waals surface area (Å²) in [6.45, 7) is 2.79. The van der Waals surface area contributed by atoms with E-state index in [2.05, 4.69) is 0 Å². The van der Waals surface area contributed by atoms with Crippen molar-refractivity contribution in [1.82, 2.24) is 4.57 Å². The maximum Gasteiger partial charge on any atom is 0.416 e. The maximum absolute atomic E-state index is 12.6. The van der Waals surface area contributed by atoms with E-state index >= 15 is 0 Å². The van der Waals surface area contributed by atoms with Crippen LogP contribution in [0.25, 0.3) is 11.6 Å². The maximum atomic E-state index is 12.6. The van der Waals surface area contributed by atoms with Crippen molar-refractivity contribution in [2.75, 3.05) is 6.61 Å². The molecule has 0 aliphatic rings. The van der Waals surface area contributed by atoms with Crippen molar-refractivity contribution in [3.05, 3.63) is 59.4 Å². The molecule has 1 aromatic heterocycles. The van der Waals surface area contributed by atoms with Crippen molar-refractivity contribution in [3.63, 3.8) is 0 Å². The van der Waals surface area contributed by atoms with Gasteiger partial charge in [-0.05, 0) is 42.8 Å². The van der Waals surface area contributed by atoms with Gasteiger partial charge >= 0.3 is 6.18 Å². The molecular weight excluding hydrogens is 305 g/mol. The lowest BCUT2D eigenvalue weighted by molar-refractivity contribution is -0.137. The zero-order valence-corrected chi connectivity index (χ0v) is 12.5. The van der Waals surface area contributed by atoms with E-state index < -0.39 is 11.7 Å². The highest BCUT2D eigenvalue weighted by Gasteiger charge is 2.30. The van der Waals surface area contributed by atoms with E-state index in [4.69, 9.17) is 4.74 Å². The van der Waals surface area contributed by atoms with Gasteiger partial charge in [-0.3, -0.25) is 0 Å². The van der Waals surface area contributed by atoms with Gasteiger partial charge in [0.2, 0.25) is 0 Å². The zero-order chi connectivity index (χ0) is 16.9.